The van der Waals surface area contributed by atoms with Gasteiger partial charge in [0.1, 0.15) is 0 Å². The number of nitrogens with one attached hydrogen (secondary N) is 1. The van der Waals surface area contributed by atoms with Crippen LogP contribution in [0.5, 0.6) is 0 Å². The molecule has 0 fully saturated rings. The molecule has 0 radical (unpaired) electrons. The number of nitrogens with zero attached hydrogens (tertiary/aromatic N) is 1. The monoisotopic (exact) mass is 327 g/mol. The maximum Gasteiger partial charge on any atom is 0.242 e. The van der Waals surface area contributed by atoms with Gasteiger partial charge < -0.3 is 10.3 Å². The van der Waals surface area contributed by atoms with Gasteiger partial charge in [-0.15, -0.1) is 0 Å². The van der Waals surface area contributed by atoms with Gasteiger partial charge in [-0.2, -0.15) is 0 Å². The second-order valence-corrected chi connectivity index (χ2v) is 7.03. The van der Waals surface area contributed by atoms with Crippen molar-refractivity contribution in [3.63, 3.8) is 0 Å². The van der Waals surface area contributed by atoms with E-state index in [9.17, 15) is 8.42 Å². The number of aromatic nitrogens is 1. The summed E-state index contributed by atoms with van der Waals surface area (Å²) in [5, 5.41) is 0.615. The first-order chi connectivity index (χ1) is 9.83. The van der Waals surface area contributed by atoms with Gasteiger partial charge in [0.25, 0.3) is 0 Å². The summed E-state index contributed by atoms with van der Waals surface area (Å²) < 4.78 is 29.1. The standard InChI is InChI=1S/C14H18ClN3O2S/c1-10(11-3-5-12(15)6-4-11)17-21(19,20)14-7-13(8-16)18(2)9-14/h3-7,9-10,17H,8,16H2,1-2H3. The molecule has 2 aromatic rings. The summed E-state index contributed by atoms with van der Waals surface area (Å²) in [6.07, 6.45) is 1.55. The van der Waals surface area contributed by atoms with E-state index in [0.29, 0.717) is 11.6 Å². The van der Waals surface area contributed by atoms with Crippen molar-refractivity contribution in [2.75, 3.05) is 0 Å². The van der Waals surface area contributed by atoms with E-state index in [2.05, 4.69) is 4.72 Å². The predicted octanol–water partition coefficient (Wildman–Crippen LogP) is 2.18. The van der Waals surface area contributed by atoms with E-state index in [1.165, 1.54) is 0 Å². The summed E-state index contributed by atoms with van der Waals surface area (Å²) in [4.78, 5) is 0.214. The normalized spacial score (nSPS) is 13.3. The zero-order valence-corrected chi connectivity index (χ0v) is 13.4. The average Bonchev–Trinajstić information content (AvgIpc) is 2.81. The van der Waals surface area contributed by atoms with E-state index in [1.807, 2.05) is 0 Å². The third kappa shape index (κ3) is 3.65. The quantitative estimate of drug-likeness (QED) is 0.883. The van der Waals surface area contributed by atoms with Crippen LogP contribution in [-0.4, -0.2) is 13.0 Å². The summed E-state index contributed by atoms with van der Waals surface area (Å²) in [5.74, 6) is 0. The van der Waals surface area contributed by atoms with E-state index < -0.39 is 10.0 Å². The van der Waals surface area contributed by atoms with Gasteiger partial charge in [-0.05, 0) is 30.7 Å². The minimum atomic E-state index is -3.59. The minimum Gasteiger partial charge on any atom is -0.352 e. The molecule has 0 aliphatic rings. The van der Waals surface area contributed by atoms with Crippen molar-refractivity contribution >= 4 is 21.6 Å². The van der Waals surface area contributed by atoms with Crippen molar-refractivity contribution in [2.45, 2.75) is 24.4 Å². The summed E-state index contributed by atoms with van der Waals surface area (Å²) >= 11 is 5.83. The van der Waals surface area contributed by atoms with Gasteiger partial charge in [0.2, 0.25) is 10.0 Å². The van der Waals surface area contributed by atoms with Gasteiger partial charge in [-0.1, -0.05) is 23.7 Å². The lowest BCUT2D eigenvalue weighted by molar-refractivity contribution is 0.567. The number of hydrogen-bond donors (Lipinski definition) is 2. The molecular formula is C14H18ClN3O2S. The molecule has 0 spiro atoms. The summed E-state index contributed by atoms with van der Waals surface area (Å²) in [6.45, 7) is 2.08. The van der Waals surface area contributed by atoms with E-state index in [0.717, 1.165) is 11.3 Å². The number of aryl methyl sites for hydroxylation is 1. The van der Waals surface area contributed by atoms with Crippen molar-refractivity contribution in [1.29, 1.82) is 0 Å². The molecular weight excluding hydrogens is 310 g/mol. The van der Waals surface area contributed by atoms with Crippen LogP contribution in [0.2, 0.25) is 5.02 Å². The molecule has 5 nitrogen and oxygen atoms in total. The van der Waals surface area contributed by atoms with Gasteiger partial charge >= 0.3 is 0 Å². The van der Waals surface area contributed by atoms with Crippen molar-refractivity contribution < 1.29 is 8.42 Å². The van der Waals surface area contributed by atoms with Crippen LogP contribution < -0.4 is 10.5 Å². The van der Waals surface area contributed by atoms with Gasteiger partial charge in [0.05, 0.1) is 4.90 Å². The fourth-order valence-corrected chi connectivity index (χ4v) is 3.50. The summed E-state index contributed by atoms with van der Waals surface area (Å²) in [6, 6.07) is 8.29. The minimum absolute atomic E-state index is 0.214. The highest BCUT2D eigenvalue weighted by atomic mass is 35.5. The first kappa shape index (κ1) is 16.0. The summed E-state index contributed by atoms with van der Waals surface area (Å²) in [5.41, 5.74) is 7.17. The van der Waals surface area contributed by atoms with Crippen molar-refractivity contribution in [2.24, 2.45) is 12.8 Å². The molecule has 0 saturated carbocycles. The smallest absolute Gasteiger partial charge is 0.242 e. The topological polar surface area (TPSA) is 77.1 Å². The van der Waals surface area contributed by atoms with E-state index in [4.69, 9.17) is 17.3 Å². The van der Waals surface area contributed by atoms with E-state index in [-0.39, 0.29) is 10.9 Å². The van der Waals surface area contributed by atoms with Crippen LogP contribution in [-0.2, 0) is 23.6 Å². The number of nitrogens with two attached hydrogens (primary N) is 1. The Morgan fingerprint density at radius 3 is 2.48 bits per heavy atom. The van der Waals surface area contributed by atoms with Gasteiger partial charge in [-0.25, -0.2) is 13.1 Å². The van der Waals surface area contributed by atoms with Gasteiger partial charge in [-0.3, -0.25) is 0 Å². The van der Waals surface area contributed by atoms with Crippen LogP contribution >= 0.6 is 11.6 Å². The molecule has 1 aromatic carbocycles. The Morgan fingerprint density at radius 1 is 1.33 bits per heavy atom. The lowest BCUT2D eigenvalue weighted by Crippen LogP contribution is -2.26. The molecule has 1 atom stereocenters. The Labute approximate surface area is 129 Å². The van der Waals surface area contributed by atoms with Crippen molar-refractivity contribution in [3.8, 4) is 0 Å². The third-order valence-corrected chi connectivity index (χ3v) is 5.06. The Kier molecular flexibility index (Phi) is 4.73. The second kappa shape index (κ2) is 6.19. The number of hydrogen-bond acceptors (Lipinski definition) is 3. The number of sulfonamides is 1. The van der Waals surface area contributed by atoms with Gasteiger partial charge in [0.15, 0.2) is 0 Å². The van der Waals surface area contributed by atoms with Crippen LogP contribution in [0.15, 0.2) is 41.4 Å². The van der Waals surface area contributed by atoms with Crippen LogP contribution in [0.4, 0.5) is 0 Å². The fraction of sp³-hybridized carbons (Fsp3) is 0.286. The molecule has 0 aliphatic carbocycles. The van der Waals surface area contributed by atoms with Crippen LogP contribution in [0, 0.1) is 0 Å². The molecule has 114 valence electrons. The van der Waals surface area contributed by atoms with Gasteiger partial charge in [0, 0.05) is 36.5 Å². The second-order valence-electron chi connectivity index (χ2n) is 4.88. The lowest BCUT2D eigenvalue weighted by atomic mass is 10.1. The Bertz CT molecular complexity index is 723. The molecule has 0 saturated heterocycles. The lowest BCUT2D eigenvalue weighted by Gasteiger charge is -2.14. The molecule has 0 amide bonds. The highest BCUT2D eigenvalue weighted by molar-refractivity contribution is 7.89. The van der Waals surface area contributed by atoms with E-state index in [1.54, 1.807) is 55.1 Å². The van der Waals surface area contributed by atoms with Crippen LogP contribution in [0.25, 0.3) is 0 Å². The Morgan fingerprint density at radius 2 is 1.95 bits per heavy atom. The van der Waals surface area contributed by atoms with E-state index >= 15 is 0 Å². The highest BCUT2D eigenvalue weighted by Crippen LogP contribution is 2.20. The number of benzene rings is 1. The van der Waals surface area contributed by atoms with Crippen molar-refractivity contribution in [3.05, 3.63) is 52.8 Å². The fourth-order valence-electron chi connectivity index (χ4n) is 2.05. The molecule has 1 heterocycles. The highest BCUT2D eigenvalue weighted by Gasteiger charge is 2.20. The molecule has 1 unspecified atom stereocenters. The molecule has 0 bridgehead atoms. The Balaban J connectivity index is 2.22. The summed E-state index contributed by atoms with van der Waals surface area (Å²) in [7, 11) is -1.82. The largest absolute Gasteiger partial charge is 0.352 e. The molecule has 21 heavy (non-hydrogen) atoms. The molecule has 1 aromatic heterocycles. The van der Waals surface area contributed by atoms with Crippen LogP contribution in [0.1, 0.15) is 24.2 Å². The van der Waals surface area contributed by atoms with Crippen LogP contribution in [0.3, 0.4) is 0 Å². The van der Waals surface area contributed by atoms with Crippen molar-refractivity contribution in [1.82, 2.24) is 9.29 Å². The molecule has 7 heteroatoms. The first-order valence-corrected chi connectivity index (χ1v) is 8.32. The zero-order valence-electron chi connectivity index (χ0n) is 11.9. The Hall–Kier alpha value is -1.34. The number of halogens is 1. The SMILES string of the molecule is CC(NS(=O)(=O)c1cc(CN)n(C)c1)c1ccc(Cl)cc1. The average molecular weight is 328 g/mol. The third-order valence-electron chi connectivity index (χ3n) is 3.30. The molecule has 2 rings (SSSR count). The molecule has 3 N–H and O–H groups in total. The zero-order chi connectivity index (χ0) is 15.6. The predicted molar refractivity (Wildman–Crippen MR) is 83.5 cm³/mol. The first-order valence-electron chi connectivity index (χ1n) is 6.46. The maximum atomic E-state index is 12.4. The molecule has 0 aliphatic heterocycles. The number of rotatable bonds is 5. The maximum absolute atomic E-state index is 12.4.